The number of carboxylic acid groups (broad SMARTS) is 1. The Hall–Kier alpha value is -4.98. The third-order valence-corrected chi connectivity index (χ3v) is 7.94. The minimum Gasteiger partial charge on any atom is -0.493 e. The minimum atomic E-state index is -0.833. The largest absolute Gasteiger partial charge is 0.493 e. The Balaban J connectivity index is 0.00000123. The molecule has 0 aliphatic carbocycles. The molecule has 4 N–H and O–H groups in total. The van der Waals surface area contributed by atoms with Crippen molar-refractivity contribution in [1.82, 2.24) is 35.6 Å². The first-order valence-corrected chi connectivity index (χ1v) is 16.1. The molecule has 3 aromatic rings. The molecule has 2 atom stereocenters. The number of nitrogens with zero attached hydrogens (tertiary/aromatic N) is 4. The van der Waals surface area contributed by atoms with Crippen LogP contribution in [0.3, 0.4) is 0 Å². The number of piperidine rings is 1. The number of ether oxygens (including phenoxy) is 2. The molecule has 3 heterocycles. The van der Waals surface area contributed by atoms with Gasteiger partial charge in [0.15, 0.2) is 23.1 Å². The third-order valence-electron chi connectivity index (χ3n) is 7.94. The van der Waals surface area contributed by atoms with Crippen molar-refractivity contribution in [3.8, 4) is 22.9 Å². The molecule has 0 radical (unpaired) electrons. The van der Waals surface area contributed by atoms with Gasteiger partial charge in [0.25, 0.3) is 11.9 Å². The molecule has 0 unspecified atom stereocenters. The number of carbonyl (C=O) groups is 4. The van der Waals surface area contributed by atoms with E-state index in [1.807, 2.05) is 44.2 Å². The van der Waals surface area contributed by atoms with E-state index < -0.39 is 12.0 Å². The van der Waals surface area contributed by atoms with Gasteiger partial charge in [-0.3, -0.25) is 19.2 Å². The first-order valence-electron chi connectivity index (χ1n) is 16.1. The number of hydrogen-bond donors (Lipinski definition) is 4. The van der Waals surface area contributed by atoms with Crippen molar-refractivity contribution in [3.05, 3.63) is 59.9 Å². The van der Waals surface area contributed by atoms with E-state index in [-0.39, 0.29) is 55.8 Å². The lowest BCUT2D eigenvalue weighted by Crippen LogP contribution is -2.49. The van der Waals surface area contributed by atoms with Crippen molar-refractivity contribution >= 4 is 23.7 Å². The fraction of sp³-hybridized carbons (Fsp3) is 0.471. The number of carbonyl (C=O) groups excluding carboxylic acids is 3. The van der Waals surface area contributed by atoms with E-state index in [2.05, 4.69) is 16.0 Å². The standard InChI is InChI=1S/C32H41N7O5.C2H4O2/c1-21(2)28-30-36-29(22-8-5-4-6-9-22)37-39(30)16-17-44-26-18-23(11-12-25(26)43-3)31(41)34-14-15-38(20-27(40)35-28)32(42)24-10-7-13-33-19-24;1-2(3)4/h4-6,8-9,11-12,18,21,24,28,33H,7,10,13-17,19-20H2,1-3H3,(H,34,41)(H,35,40);1H3,(H,3,4)/t24-,28+;/m0./s1. The number of amides is 3. The zero-order chi connectivity index (χ0) is 34.6. The fourth-order valence-electron chi connectivity index (χ4n) is 5.55. The fourth-order valence-corrected chi connectivity index (χ4v) is 5.55. The first-order chi connectivity index (χ1) is 23.1. The first kappa shape index (κ1) is 35.9. The van der Waals surface area contributed by atoms with Gasteiger partial charge in [-0.05, 0) is 43.5 Å². The summed E-state index contributed by atoms with van der Waals surface area (Å²) in [5, 5.41) is 21.5. The van der Waals surface area contributed by atoms with E-state index in [1.165, 1.54) is 0 Å². The third kappa shape index (κ3) is 9.77. The van der Waals surface area contributed by atoms with Crippen LogP contribution in [0.2, 0.25) is 0 Å². The van der Waals surface area contributed by atoms with E-state index >= 15 is 0 Å². The highest BCUT2D eigenvalue weighted by Crippen LogP contribution is 2.29. The second-order valence-corrected chi connectivity index (χ2v) is 12.0. The van der Waals surface area contributed by atoms with Crippen LogP contribution in [0.5, 0.6) is 11.5 Å². The minimum absolute atomic E-state index is 0.0312. The Labute approximate surface area is 280 Å². The molecule has 48 heavy (non-hydrogen) atoms. The molecule has 2 aliphatic rings. The van der Waals surface area contributed by atoms with Gasteiger partial charge in [0.2, 0.25) is 11.8 Å². The summed E-state index contributed by atoms with van der Waals surface area (Å²) in [6.07, 6.45) is 1.65. The zero-order valence-electron chi connectivity index (χ0n) is 27.9. The molecule has 14 nitrogen and oxygen atoms in total. The molecular weight excluding hydrogens is 618 g/mol. The van der Waals surface area contributed by atoms with Crippen LogP contribution >= 0.6 is 0 Å². The van der Waals surface area contributed by atoms with E-state index in [0.29, 0.717) is 41.8 Å². The van der Waals surface area contributed by atoms with Crippen LogP contribution in [-0.4, -0.2) is 94.9 Å². The zero-order valence-corrected chi connectivity index (χ0v) is 27.9. The Morgan fingerprint density at radius 3 is 2.48 bits per heavy atom. The number of aromatic nitrogens is 3. The summed E-state index contributed by atoms with van der Waals surface area (Å²) >= 11 is 0. The SMILES string of the molecule is CC(=O)O.COc1ccc2cc1OCCn1nc(-c3ccccc3)nc1[C@@H](C(C)C)NC(=O)CN(C(=O)[C@H]1CCCNC1)CCNC2=O. The van der Waals surface area contributed by atoms with Crippen molar-refractivity contribution in [1.29, 1.82) is 0 Å². The van der Waals surface area contributed by atoms with Crippen molar-refractivity contribution < 1.29 is 33.8 Å². The number of hydrogen-bond acceptors (Lipinski definition) is 9. The van der Waals surface area contributed by atoms with Crippen molar-refractivity contribution in [2.45, 2.75) is 46.2 Å². The predicted octanol–water partition coefficient (Wildman–Crippen LogP) is 2.51. The number of fused-ring (bicyclic) bond motifs is 3. The number of carboxylic acids is 1. The Kier molecular flexibility index (Phi) is 12.9. The summed E-state index contributed by atoms with van der Waals surface area (Å²) in [5.74, 6) is 0.230. The molecule has 2 aromatic carbocycles. The van der Waals surface area contributed by atoms with E-state index in [0.717, 1.165) is 31.9 Å². The van der Waals surface area contributed by atoms with Crippen molar-refractivity contribution in [2.24, 2.45) is 11.8 Å². The van der Waals surface area contributed by atoms with Gasteiger partial charge >= 0.3 is 0 Å². The van der Waals surface area contributed by atoms with Crippen LogP contribution in [0.25, 0.3) is 11.4 Å². The number of nitrogens with one attached hydrogen (secondary N) is 3. The normalized spacial score (nSPS) is 19.0. The molecule has 5 rings (SSSR count). The lowest BCUT2D eigenvalue weighted by Gasteiger charge is -2.30. The molecule has 1 fully saturated rings. The maximum Gasteiger partial charge on any atom is 0.300 e. The molecule has 2 aliphatic heterocycles. The molecule has 3 amide bonds. The lowest BCUT2D eigenvalue weighted by molar-refractivity contribution is -0.140. The molecule has 1 aromatic heterocycles. The quantitative estimate of drug-likeness (QED) is 0.324. The van der Waals surface area contributed by atoms with Crippen molar-refractivity contribution in [3.63, 3.8) is 0 Å². The van der Waals surface area contributed by atoms with Crippen molar-refractivity contribution in [2.75, 3.05) is 46.4 Å². The summed E-state index contributed by atoms with van der Waals surface area (Å²) in [4.78, 5) is 55.7. The summed E-state index contributed by atoms with van der Waals surface area (Å²) < 4.78 is 13.3. The summed E-state index contributed by atoms with van der Waals surface area (Å²) in [6, 6.07) is 14.2. The summed E-state index contributed by atoms with van der Waals surface area (Å²) in [6.45, 7) is 7.31. The molecule has 258 valence electrons. The molecule has 14 heteroatoms. The Morgan fingerprint density at radius 2 is 1.81 bits per heavy atom. The lowest BCUT2D eigenvalue weighted by atomic mass is 9.98. The van der Waals surface area contributed by atoms with Gasteiger partial charge in [-0.15, -0.1) is 0 Å². The van der Waals surface area contributed by atoms with Gasteiger partial charge in [0, 0.05) is 37.7 Å². The smallest absolute Gasteiger partial charge is 0.300 e. The van der Waals surface area contributed by atoms with E-state index in [9.17, 15) is 14.4 Å². The molecule has 0 spiro atoms. The molecule has 1 saturated heterocycles. The van der Waals surface area contributed by atoms with Crippen LogP contribution in [0.4, 0.5) is 0 Å². The van der Waals surface area contributed by atoms with Gasteiger partial charge in [-0.1, -0.05) is 44.2 Å². The van der Waals surface area contributed by atoms with Gasteiger partial charge in [-0.2, -0.15) is 5.10 Å². The second-order valence-electron chi connectivity index (χ2n) is 12.0. The predicted molar refractivity (Wildman–Crippen MR) is 177 cm³/mol. The van der Waals surface area contributed by atoms with Gasteiger partial charge < -0.3 is 35.4 Å². The Bertz CT molecular complexity index is 1550. The van der Waals surface area contributed by atoms with Gasteiger partial charge in [0.1, 0.15) is 6.61 Å². The van der Waals surface area contributed by atoms with E-state index in [4.69, 9.17) is 29.5 Å². The number of aliphatic carboxylic acids is 1. The molecule has 0 saturated carbocycles. The summed E-state index contributed by atoms with van der Waals surface area (Å²) in [5.41, 5.74) is 1.24. The highest BCUT2D eigenvalue weighted by Gasteiger charge is 2.30. The monoisotopic (exact) mass is 663 g/mol. The highest BCUT2D eigenvalue weighted by atomic mass is 16.5. The van der Waals surface area contributed by atoms with Crippen LogP contribution in [0.1, 0.15) is 55.8 Å². The number of benzene rings is 2. The van der Waals surface area contributed by atoms with Gasteiger partial charge in [-0.25, -0.2) is 9.67 Å². The van der Waals surface area contributed by atoms with Gasteiger partial charge in [0.05, 0.1) is 32.2 Å². The highest BCUT2D eigenvalue weighted by molar-refractivity contribution is 5.95. The summed E-state index contributed by atoms with van der Waals surface area (Å²) in [7, 11) is 1.54. The number of rotatable bonds is 4. The molecule has 2 bridgehead atoms. The maximum atomic E-state index is 13.6. The average Bonchev–Trinajstić information content (AvgIpc) is 3.50. The second kappa shape index (κ2) is 17.3. The maximum absolute atomic E-state index is 13.6. The van der Waals surface area contributed by atoms with Crippen LogP contribution in [-0.2, 0) is 20.9 Å². The van der Waals surface area contributed by atoms with Crippen LogP contribution in [0, 0.1) is 11.8 Å². The molecular formula is C34H45N7O7. The van der Waals surface area contributed by atoms with Crippen LogP contribution < -0.4 is 25.4 Å². The van der Waals surface area contributed by atoms with E-state index in [1.54, 1.807) is 34.9 Å². The Morgan fingerprint density at radius 1 is 1.06 bits per heavy atom. The average molecular weight is 664 g/mol. The topological polar surface area (TPSA) is 177 Å². The van der Waals surface area contributed by atoms with Crippen LogP contribution in [0.15, 0.2) is 48.5 Å². The number of methoxy groups -OCH3 is 1.